The maximum absolute atomic E-state index is 13.5. The van der Waals surface area contributed by atoms with Gasteiger partial charge < -0.3 is 20.8 Å². The number of nitrogens with one attached hydrogen (secondary N) is 2. The quantitative estimate of drug-likeness (QED) is 0.111. The number of carbonyl (C=O) groups is 2. The largest absolute Gasteiger partial charge is 0.393 e. The van der Waals surface area contributed by atoms with Crippen LogP contribution in [0.1, 0.15) is 65.0 Å². The summed E-state index contributed by atoms with van der Waals surface area (Å²) in [5.74, 6) is -8.75. The van der Waals surface area contributed by atoms with Gasteiger partial charge in [-0.15, -0.1) is 0 Å². The van der Waals surface area contributed by atoms with Crippen LogP contribution in [0.4, 0.5) is 33.3 Å². The summed E-state index contributed by atoms with van der Waals surface area (Å²) in [4.78, 5) is 25.0. The molecule has 2 saturated heterocycles. The molecule has 2 fully saturated rings. The highest BCUT2D eigenvalue weighted by atomic mass is 35.5. The number of aliphatic hydroxyl groups is 2. The lowest BCUT2D eigenvalue weighted by Gasteiger charge is -2.35. The van der Waals surface area contributed by atoms with Crippen LogP contribution >= 0.6 is 11.6 Å². The van der Waals surface area contributed by atoms with E-state index < -0.39 is 77.7 Å². The van der Waals surface area contributed by atoms with Crippen LogP contribution in [0.2, 0.25) is 5.02 Å². The van der Waals surface area contributed by atoms with E-state index in [0.29, 0.717) is 42.5 Å². The van der Waals surface area contributed by atoms with Crippen LogP contribution in [0.25, 0.3) is 0 Å². The van der Waals surface area contributed by atoms with Gasteiger partial charge in [0.25, 0.3) is 11.8 Å². The summed E-state index contributed by atoms with van der Waals surface area (Å²) in [6.07, 6.45) is 0.345. The smallest absolute Gasteiger partial charge is 0.255 e. The fourth-order valence-corrected chi connectivity index (χ4v) is 10.2. The second kappa shape index (κ2) is 18.2. The second-order valence-corrected chi connectivity index (χ2v) is 19.2. The van der Waals surface area contributed by atoms with Crippen LogP contribution in [-0.2, 0) is 20.0 Å². The molecule has 12 nitrogen and oxygen atoms in total. The lowest BCUT2D eigenvalue weighted by molar-refractivity contribution is 0.0126. The zero-order valence-electron chi connectivity index (χ0n) is 32.7. The number of aliphatic hydroxyl groups excluding tert-OH is 1. The SMILES string of the molecule is Cc1ccc(C(=O)Nc2cc(F)c(F)c(Cl)c2)cc1S(=O)(=O)N1CCC(C)(O)CC1.Cc1ccc(C(=O)Nc2cc(F)c(F)c(F)c2)cc1S(=O)(=O)N1CCC(O)C(C)C1. The lowest BCUT2D eigenvalue weighted by atomic mass is 9.95. The van der Waals surface area contributed by atoms with Crippen molar-refractivity contribution >= 4 is 54.8 Å². The average molecular weight is 901 g/mol. The Labute approximate surface area is 349 Å². The first-order chi connectivity index (χ1) is 27.9. The molecule has 0 aromatic heterocycles. The van der Waals surface area contributed by atoms with Gasteiger partial charge in [0.1, 0.15) is 0 Å². The Morgan fingerprint density at radius 2 is 1.15 bits per heavy atom. The molecule has 2 unspecified atom stereocenters. The van der Waals surface area contributed by atoms with Gasteiger partial charge in [-0.1, -0.05) is 30.7 Å². The number of benzene rings is 4. The average Bonchev–Trinajstić information content (AvgIpc) is 3.17. The van der Waals surface area contributed by atoms with Crippen LogP contribution in [0.15, 0.2) is 70.5 Å². The Morgan fingerprint density at radius 1 is 0.717 bits per heavy atom. The van der Waals surface area contributed by atoms with Crippen LogP contribution < -0.4 is 10.6 Å². The number of rotatable bonds is 8. The van der Waals surface area contributed by atoms with Crippen molar-refractivity contribution in [2.45, 2.75) is 68.5 Å². The summed E-state index contributed by atoms with van der Waals surface area (Å²) in [6.45, 7) is 7.25. The number of nitrogens with zero attached hydrogens (tertiary/aromatic N) is 2. The monoisotopic (exact) mass is 900 g/mol. The number of anilines is 2. The molecule has 2 atom stereocenters. The predicted octanol–water partition coefficient (Wildman–Crippen LogP) is 6.77. The molecule has 0 radical (unpaired) electrons. The normalized spacial score (nSPS) is 18.6. The van der Waals surface area contributed by atoms with Gasteiger partial charge in [-0.2, -0.15) is 8.61 Å². The summed E-state index contributed by atoms with van der Waals surface area (Å²) in [7, 11) is -7.80. The number of hydrogen-bond donors (Lipinski definition) is 4. The number of sulfonamides is 2. The fourth-order valence-electron chi connectivity index (χ4n) is 6.50. The third-order valence-electron chi connectivity index (χ3n) is 10.2. The summed E-state index contributed by atoms with van der Waals surface area (Å²) in [6, 6.07) is 11.3. The predicted molar refractivity (Wildman–Crippen MR) is 213 cm³/mol. The Bertz CT molecular complexity index is 2490. The molecule has 60 heavy (non-hydrogen) atoms. The minimum atomic E-state index is -3.92. The van der Waals surface area contributed by atoms with Crippen molar-refractivity contribution in [3.05, 3.63) is 117 Å². The molecule has 0 spiro atoms. The molecule has 4 N–H and O–H groups in total. The third-order valence-corrected chi connectivity index (χ3v) is 14.6. The highest BCUT2D eigenvalue weighted by Gasteiger charge is 2.36. The standard InChI is InChI=1S/C20H21ClF2N2O4S.C20H21F3N2O4S/c1-12-3-4-13(19(26)24-14-10-15(21)18(23)16(22)11-14)9-17(12)30(28,29)25-7-5-20(2,27)6-8-25;1-11-3-4-13(20(27)24-14-8-15(21)19(23)16(22)9-14)7-18(11)30(28,29)25-6-5-17(26)12(2)10-25/h3-4,9-11,27H,5-8H2,1-2H3,(H,24,26);3-4,7-9,12,17,26H,5-6,10H2,1-2H3,(H,24,27). The minimum Gasteiger partial charge on any atom is -0.393 e. The summed E-state index contributed by atoms with van der Waals surface area (Å²) in [5, 5.41) is 24.0. The number of carbonyl (C=O) groups excluding carboxylic acids is 2. The Morgan fingerprint density at radius 3 is 1.60 bits per heavy atom. The van der Waals surface area contributed by atoms with E-state index in [1.54, 1.807) is 27.7 Å². The first-order valence-electron chi connectivity index (χ1n) is 18.4. The number of amides is 2. The molecule has 0 aliphatic carbocycles. The molecule has 2 heterocycles. The van der Waals surface area contributed by atoms with Crippen LogP contribution in [0.5, 0.6) is 0 Å². The highest BCUT2D eigenvalue weighted by Crippen LogP contribution is 2.30. The van der Waals surface area contributed by atoms with E-state index in [4.69, 9.17) is 11.6 Å². The van der Waals surface area contributed by atoms with Gasteiger partial charge in [0.2, 0.25) is 20.0 Å². The fraction of sp³-hybridized carbons (Fsp3) is 0.350. The van der Waals surface area contributed by atoms with Crippen molar-refractivity contribution in [3.8, 4) is 0 Å². The second-order valence-electron chi connectivity index (χ2n) is 15.0. The van der Waals surface area contributed by atoms with Gasteiger partial charge in [0, 0.05) is 66.9 Å². The van der Waals surface area contributed by atoms with Crippen LogP contribution in [0, 0.1) is 48.9 Å². The Kier molecular flexibility index (Phi) is 14.1. The minimum absolute atomic E-state index is 0.0278. The maximum atomic E-state index is 13.5. The molecule has 2 aliphatic rings. The Hall–Kier alpha value is -4.50. The van der Waals surface area contributed by atoms with Gasteiger partial charge >= 0.3 is 0 Å². The molecule has 6 rings (SSSR count). The summed E-state index contributed by atoms with van der Waals surface area (Å²) in [5.41, 5.74) is -0.413. The highest BCUT2D eigenvalue weighted by molar-refractivity contribution is 7.89. The van der Waals surface area contributed by atoms with Gasteiger partial charge in [0.15, 0.2) is 29.1 Å². The first-order valence-corrected chi connectivity index (χ1v) is 21.7. The topological polar surface area (TPSA) is 173 Å². The zero-order valence-corrected chi connectivity index (χ0v) is 35.1. The van der Waals surface area contributed by atoms with E-state index in [0.717, 1.165) is 12.1 Å². The first kappa shape index (κ1) is 46.6. The molecule has 2 aliphatic heterocycles. The molecule has 20 heteroatoms. The molecule has 324 valence electrons. The van der Waals surface area contributed by atoms with E-state index in [2.05, 4.69) is 10.6 Å². The van der Waals surface area contributed by atoms with Gasteiger partial charge in [-0.25, -0.2) is 38.8 Å². The number of hydrogen-bond acceptors (Lipinski definition) is 8. The van der Waals surface area contributed by atoms with E-state index >= 15 is 0 Å². The summed E-state index contributed by atoms with van der Waals surface area (Å²) < 4.78 is 122. The zero-order chi connectivity index (χ0) is 44.5. The third kappa shape index (κ3) is 10.5. The Balaban J connectivity index is 0.000000228. The van der Waals surface area contributed by atoms with Crippen molar-refractivity contribution in [1.29, 1.82) is 0 Å². The van der Waals surface area contributed by atoms with Gasteiger partial charge in [-0.05, 0) is 87.4 Å². The molecule has 4 aromatic carbocycles. The van der Waals surface area contributed by atoms with E-state index in [1.165, 1.54) is 45.0 Å². The number of halogens is 6. The maximum Gasteiger partial charge on any atom is 0.255 e. The molecule has 2 amide bonds. The van der Waals surface area contributed by atoms with Crippen molar-refractivity contribution in [1.82, 2.24) is 8.61 Å². The van der Waals surface area contributed by atoms with Crippen molar-refractivity contribution in [2.75, 3.05) is 36.8 Å². The van der Waals surface area contributed by atoms with E-state index in [-0.39, 0.29) is 64.4 Å². The molecular formula is C40H42ClF5N4O8S2. The lowest BCUT2D eigenvalue weighted by Crippen LogP contribution is -2.45. The van der Waals surface area contributed by atoms with Crippen LogP contribution in [0.3, 0.4) is 0 Å². The molecular weight excluding hydrogens is 859 g/mol. The van der Waals surface area contributed by atoms with Crippen LogP contribution in [-0.4, -0.2) is 85.4 Å². The van der Waals surface area contributed by atoms with Crippen molar-refractivity contribution < 1.29 is 58.6 Å². The van der Waals surface area contributed by atoms with E-state index in [9.17, 15) is 58.6 Å². The van der Waals surface area contributed by atoms with Gasteiger partial charge in [0.05, 0.1) is 26.5 Å². The molecule has 0 saturated carbocycles. The van der Waals surface area contributed by atoms with Gasteiger partial charge in [-0.3, -0.25) is 9.59 Å². The van der Waals surface area contributed by atoms with Crippen molar-refractivity contribution in [3.63, 3.8) is 0 Å². The molecule has 0 bridgehead atoms. The van der Waals surface area contributed by atoms with E-state index in [1.807, 2.05) is 0 Å². The summed E-state index contributed by atoms with van der Waals surface area (Å²) >= 11 is 5.59. The number of aryl methyl sites for hydroxylation is 2. The molecule has 4 aromatic rings. The number of piperidine rings is 2. The van der Waals surface area contributed by atoms with Crippen molar-refractivity contribution in [2.24, 2.45) is 5.92 Å².